The van der Waals surface area contributed by atoms with E-state index in [1.165, 1.54) is 32.1 Å². The van der Waals surface area contributed by atoms with Crippen molar-refractivity contribution in [2.24, 2.45) is 16.7 Å². The van der Waals surface area contributed by atoms with E-state index in [1.54, 1.807) is 0 Å². The molecule has 0 nitrogen and oxygen atoms in total. The summed E-state index contributed by atoms with van der Waals surface area (Å²) in [7, 11) is 0. The molecule has 92 valence electrons. The SMILES string of the molecule is CCCCC(C(C)(C)CC)C(C)(C)CC. The summed E-state index contributed by atoms with van der Waals surface area (Å²) in [5.41, 5.74) is 0.989. The molecule has 0 aliphatic heterocycles. The zero-order chi connectivity index (χ0) is 12.1. The molecule has 0 N–H and O–H groups in total. The largest absolute Gasteiger partial charge is 0.0654 e. The molecule has 0 heterocycles. The number of hydrogen-bond acceptors (Lipinski definition) is 0. The van der Waals surface area contributed by atoms with Gasteiger partial charge in [0.05, 0.1) is 0 Å². The lowest BCUT2D eigenvalue weighted by Crippen LogP contribution is -2.35. The first-order chi connectivity index (χ1) is 6.81. The second-order valence-electron chi connectivity index (χ2n) is 6.38. The van der Waals surface area contributed by atoms with Crippen LogP contribution in [0.3, 0.4) is 0 Å². The standard InChI is InChI=1S/C15H32/c1-8-11-12-13(14(4,5)9-2)15(6,7)10-3/h13H,8-12H2,1-7H3. The molecule has 15 heavy (non-hydrogen) atoms. The quantitative estimate of drug-likeness (QED) is 0.510. The summed E-state index contributed by atoms with van der Waals surface area (Å²) >= 11 is 0. The molecule has 0 spiro atoms. The highest BCUT2D eigenvalue weighted by atomic mass is 14.4. The van der Waals surface area contributed by atoms with Crippen LogP contribution in [0.25, 0.3) is 0 Å². The Kier molecular flexibility index (Phi) is 5.92. The third kappa shape index (κ3) is 4.17. The Bertz CT molecular complexity index is 149. The van der Waals surface area contributed by atoms with Crippen LogP contribution in [-0.4, -0.2) is 0 Å². The molecular formula is C15H32. The first-order valence-corrected chi connectivity index (χ1v) is 6.81. The van der Waals surface area contributed by atoms with Gasteiger partial charge in [-0.05, 0) is 23.2 Å². The second kappa shape index (κ2) is 5.92. The molecular weight excluding hydrogens is 180 g/mol. The minimum absolute atomic E-state index is 0.495. The summed E-state index contributed by atoms with van der Waals surface area (Å²) in [6.45, 7) is 16.8. The van der Waals surface area contributed by atoms with Crippen molar-refractivity contribution < 1.29 is 0 Å². The van der Waals surface area contributed by atoms with E-state index < -0.39 is 0 Å². The van der Waals surface area contributed by atoms with Crippen LogP contribution in [-0.2, 0) is 0 Å². The highest BCUT2D eigenvalue weighted by molar-refractivity contribution is 4.87. The smallest absolute Gasteiger partial charge is 0.0311 e. The van der Waals surface area contributed by atoms with Crippen LogP contribution < -0.4 is 0 Å². The van der Waals surface area contributed by atoms with E-state index >= 15 is 0 Å². The average Bonchev–Trinajstić information content (AvgIpc) is 2.18. The van der Waals surface area contributed by atoms with Crippen molar-refractivity contribution in [1.82, 2.24) is 0 Å². The van der Waals surface area contributed by atoms with Gasteiger partial charge in [-0.1, -0.05) is 74.1 Å². The van der Waals surface area contributed by atoms with Crippen molar-refractivity contribution in [3.05, 3.63) is 0 Å². The van der Waals surface area contributed by atoms with Gasteiger partial charge in [-0.2, -0.15) is 0 Å². The summed E-state index contributed by atoms with van der Waals surface area (Å²) in [4.78, 5) is 0. The molecule has 0 amide bonds. The van der Waals surface area contributed by atoms with E-state index in [4.69, 9.17) is 0 Å². The van der Waals surface area contributed by atoms with Crippen molar-refractivity contribution in [3.8, 4) is 0 Å². The van der Waals surface area contributed by atoms with Gasteiger partial charge in [-0.15, -0.1) is 0 Å². The molecule has 0 unspecified atom stereocenters. The van der Waals surface area contributed by atoms with Crippen LogP contribution in [0, 0.1) is 16.7 Å². The van der Waals surface area contributed by atoms with Crippen LogP contribution in [0.5, 0.6) is 0 Å². The molecule has 0 saturated heterocycles. The van der Waals surface area contributed by atoms with Crippen LogP contribution >= 0.6 is 0 Å². The Morgan fingerprint density at radius 2 is 1.20 bits per heavy atom. The summed E-state index contributed by atoms with van der Waals surface area (Å²) in [5, 5.41) is 0. The van der Waals surface area contributed by atoms with E-state index in [0.717, 1.165) is 5.92 Å². The second-order valence-corrected chi connectivity index (χ2v) is 6.38. The van der Waals surface area contributed by atoms with E-state index in [0.29, 0.717) is 10.8 Å². The zero-order valence-electron chi connectivity index (χ0n) is 12.1. The monoisotopic (exact) mass is 212 g/mol. The number of hydrogen-bond donors (Lipinski definition) is 0. The lowest BCUT2D eigenvalue weighted by Gasteiger charge is -2.44. The highest BCUT2D eigenvalue weighted by Crippen LogP contribution is 2.46. The van der Waals surface area contributed by atoms with Crippen LogP contribution in [0.2, 0.25) is 0 Å². The molecule has 0 aromatic rings. The topological polar surface area (TPSA) is 0 Å². The fourth-order valence-electron chi connectivity index (χ4n) is 2.74. The maximum Gasteiger partial charge on any atom is -0.0311 e. The molecule has 0 aliphatic carbocycles. The third-order valence-corrected chi connectivity index (χ3v) is 4.56. The van der Waals surface area contributed by atoms with Gasteiger partial charge in [-0.3, -0.25) is 0 Å². The molecule has 0 radical (unpaired) electrons. The molecule has 0 aromatic carbocycles. The Hall–Kier alpha value is 0. The minimum Gasteiger partial charge on any atom is -0.0654 e. The van der Waals surface area contributed by atoms with Gasteiger partial charge in [0.25, 0.3) is 0 Å². The van der Waals surface area contributed by atoms with Gasteiger partial charge in [-0.25, -0.2) is 0 Å². The first-order valence-electron chi connectivity index (χ1n) is 6.81. The summed E-state index contributed by atoms with van der Waals surface area (Å²) in [5.74, 6) is 0.861. The summed E-state index contributed by atoms with van der Waals surface area (Å²) in [6, 6.07) is 0. The third-order valence-electron chi connectivity index (χ3n) is 4.56. The number of unbranched alkanes of at least 4 members (excludes halogenated alkanes) is 1. The lowest BCUT2D eigenvalue weighted by atomic mass is 9.61. The van der Waals surface area contributed by atoms with Crippen molar-refractivity contribution in [3.63, 3.8) is 0 Å². The fourth-order valence-corrected chi connectivity index (χ4v) is 2.74. The van der Waals surface area contributed by atoms with Crippen molar-refractivity contribution in [2.45, 2.75) is 80.6 Å². The van der Waals surface area contributed by atoms with Gasteiger partial charge >= 0.3 is 0 Å². The van der Waals surface area contributed by atoms with Crippen molar-refractivity contribution in [2.75, 3.05) is 0 Å². The van der Waals surface area contributed by atoms with E-state index in [2.05, 4.69) is 48.5 Å². The average molecular weight is 212 g/mol. The van der Waals surface area contributed by atoms with E-state index in [1.807, 2.05) is 0 Å². The highest BCUT2D eigenvalue weighted by Gasteiger charge is 2.37. The maximum absolute atomic E-state index is 2.45. The molecule has 0 heteroatoms. The van der Waals surface area contributed by atoms with E-state index in [-0.39, 0.29) is 0 Å². The van der Waals surface area contributed by atoms with E-state index in [9.17, 15) is 0 Å². The zero-order valence-corrected chi connectivity index (χ0v) is 12.1. The molecule has 0 fully saturated rings. The molecule has 0 rings (SSSR count). The molecule has 0 atom stereocenters. The molecule has 0 aliphatic rings. The maximum atomic E-state index is 2.45. The van der Waals surface area contributed by atoms with Crippen LogP contribution in [0.4, 0.5) is 0 Å². The molecule has 0 aromatic heterocycles. The summed E-state index contributed by atoms with van der Waals surface area (Å²) < 4.78 is 0. The van der Waals surface area contributed by atoms with Crippen LogP contribution in [0.1, 0.15) is 80.6 Å². The predicted octanol–water partition coefficient (Wildman–Crippen LogP) is 5.67. The molecule has 0 saturated carbocycles. The normalized spacial score (nSPS) is 13.6. The Balaban J connectivity index is 4.72. The molecule has 0 bridgehead atoms. The van der Waals surface area contributed by atoms with Gasteiger partial charge < -0.3 is 0 Å². The van der Waals surface area contributed by atoms with Gasteiger partial charge in [0.2, 0.25) is 0 Å². The van der Waals surface area contributed by atoms with Gasteiger partial charge in [0.1, 0.15) is 0 Å². The predicted molar refractivity (Wildman–Crippen MR) is 71.2 cm³/mol. The number of rotatable bonds is 7. The van der Waals surface area contributed by atoms with Crippen LogP contribution in [0.15, 0.2) is 0 Å². The Morgan fingerprint density at radius 1 is 0.800 bits per heavy atom. The lowest BCUT2D eigenvalue weighted by molar-refractivity contribution is 0.0551. The summed E-state index contributed by atoms with van der Waals surface area (Å²) in [6.07, 6.45) is 6.71. The Labute approximate surface area is 97.8 Å². The minimum atomic E-state index is 0.495. The fraction of sp³-hybridized carbons (Fsp3) is 1.00. The van der Waals surface area contributed by atoms with Gasteiger partial charge in [0, 0.05) is 0 Å². The van der Waals surface area contributed by atoms with Crippen molar-refractivity contribution in [1.29, 1.82) is 0 Å². The van der Waals surface area contributed by atoms with Gasteiger partial charge in [0.15, 0.2) is 0 Å². The Morgan fingerprint density at radius 3 is 1.47 bits per heavy atom. The van der Waals surface area contributed by atoms with Crippen molar-refractivity contribution >= 4 is 0 Å². The first kappa shape index (κ1) is 15.0.